The molecule has 2 rings (SSSR count). The number of piperidine rings is 1. The summed E-state index contributed by atoms with van der Waals surface area (Å²) in [6.07, 6.45) is 2.53. The van der Waals surface area contributed by atoms with Gasteiger partial charge >= 0.3 is 6.03 Å². The third kappa shape index (κ3) is 5.08. The standard InChI is InChI=1S/C16H27N3O2/c1-12-6-9-19(10-7-12)11-8-17-16(20)18-14(3)15-5-4-13(2)21-15/h4-5,12,14H,6-11H2,1-3H3,(H2,17,18,20). The van der Waals surface area contributed by atoms with E-state index in [0.717, 1.165) is 37.1 Å². The molecule has 1 aromatic rings. The molecule has 0 saturated carbocycles. The maximum Gasteiger partial charge on any atom is 0.315 e. The molecule has 2 heterocycles. The van der Waals surface area contributed by atoms with E-state index in [1.54, 1.807) is 0 Å². The van der Waals surface area contributed by atoms with Gasteiger partial charge < -0.3 is 20.0 Å². The molecule has 2 amide bonds. The fourth-order valence-corrected chi connectivity index (χ4v) is 2.62. The van der Waals surface area contributed by atoms with Gasteiger partial charge in [0.15, 0.2) is 0 Å². The monoisotopic (exact) mass is 293 g/mol. The normalized spacial score (nSPS) is 18.4. The second kappa shape index (κ2) is 7.50. The van der Waals surface area contributed by atoms with E-state index in [-0.39, 0.29) is 12.1 Å². The van der Waals surface area contributed by atoms with Crippen molar-refractivity contribution in [2.24, 2.45) is 5.92 Å². The maximum atomic E-state index is 11.8. The number of urea groups is 1. The summed E-state index contributed by atoms with van der Waals surface area (Å²) in [4.78, 5) is 14.3. The van der Waals surface area contributed by atoms with Crippen molar-refractivity contribution in [3.8, 4) is 0 Å². The van der Waals surface area contributed by atoms with Crippen LogP contribution in [0.25, 0.3) is 0 Å². The molecule has 1 aliphatic rings. The average molecular weight is 293 g/mol. The minimum absolute atomic E-state index is 0.116. The zero-order valence-corrected chi connectivity index (χ0v) is 13.3. The predicted octanol–water partition coefficient (Wildman–Crippen LogP) is 2.68. The van der Waals surface area contributed by atoms with Gasteiger partial charge in [-0.3, -0.25) is 0 Å². The molecule has 0 aliphatic carbocycles. The first-order chi connectivity index (χ1) is 10.0. The van der Waals surface area contributed by atoms with Gasteiger partial charge in [-0.2, -0.15) is 0 Å². The minimum atomic E-state index is -0.137. The number of likely N-dealkylation sites (tertiary alicyclic amines) is 1. The SMILES string of the molecule is Cc1ccc(C(C)NC(=O)NCCN2CCC(C)CC2)o1. The van der Waals surface area contributed by atoms with Crippen LogP contribution in [0.2, 0.25) is 0 Å². The lowest BCUT2D eigenvalue weighted by molar-refractivity contribution is 0.191. The molecular formula is C16H27N3O2. The summed E-state index contributed by atoms with van der Waals surface area (Å²) >= 11 is 0. The molecule has 0 aromatic carbocycles. The Morgan fingerprint density at radius 1 is 1.43 bits per heavy atom. The summed E-state index contributed by atoms with van der Waals surface area (Å²) in [7, 11) is 0. The molecule has 21 heavy (non-hydrogen) atoms. The highest BCUT2D eigenvalue weighted by Crippen LogP contribution is 2.16. The van der Waals surface area contributed by atoms with Gasteiger partial charge in [-0.05, 0) is 57.8 Å². The third-order valence-electron chi connectivity index (χ3n) is 4.13. The van der Waals surface area contributed by atoms with E-state index in [0.29, 0.717) is 6.54 Å². The van der Waals surface area contributed by atoms with Crippen LogP contribution < -0.4 is 10.6 Å². The Hall–Kier alpha value is -1.49. The summed E-state index contributed by atoms with van der Waals surface area (Å²) in [6.45, 7) is 10.0. The number of furan rings is 1. The largest absolute Gasteiger partial charge is 0.464 e. The van der Waals surface area contributed by atoms with Crippen molar-refractivity contribution in [1.82, 2.24) is 15.5 Å². The number of amides is 2. The van der Waals surface area contributed by atoms with E-state index in [1.807, 2.05) is 26.0 Å². The number of nitrogens with one attached hydrogen (secondary N) is 2. The second-order valence-corrected chi connectivity index (χ2v) is 6.09. The number of rotatable bonds is 5. The molecule has 0 bridgehead atoms. The van der Waals surface area contributed by atoms with Crippen LogP contribution in [0.15, 0.2) is 16.5 Å². The first kappa shape index (κ1) is 15.9. The van der Waals surface area contributed by atoms with Gasteiger partial charge in [0, 0.05) is 13.1 Å². The molecule has 0 radical (unpaired) electrons. The predicted molar refractivity (Wildman–Crippen MR) is 83.2 cm³/mol. The van der Waals surface area contributed by atoms with E-state index in [1.165, 1.54) is 12.8 Å². The Labute approximate surface area is 127 Å². The number of hydrogen-bond donors (Lipinski definition) is 2. The Morgan fingerprint density at radius 3 is 2.76 bits per heavy atom. The Kier molecular flexibility index (Phi) is 5.67. The highest BCUT2D eigenvalue weighted by atomic mass is 16.3. The fraction of sp³-hybridized carbons (Fsp3) is 0.688. The molecule has 0 spiro atoms. The van der Waals surface area contributed by atoms with Gasteiger partial charge in [0.2, 0.25) is 0 Å². The molecule has 1 atom stereocenters. The molecular weight excluding hydrogens is 266 g/mol. The molecule has 1 fully saturated rings. The lowest BCUT2D eigenvalue weighted by atomic mass is 9.99. The summed E-state index contributed by atoms with van der Waals surface area (Å²) in [5, 5.41) is 5.81. The zero-order valence-electron chi connectivity index (χ0n) is 13.3. The minimum Gasteiger partial charge on any atom is -0.464 e. The molecule has 1 aromatic heterocycles. The number of carbonyl (C=O) groups is 1. The van der Waals surface area contributed by atoms with Crippen LogP contribution in [-0.2, 0) is 0 Å². The van der Waals surface area contributed by atoms with Crippen molar-refractivity contribution in [3.05, 3.63) is 23.7 Å². The molecule has 1 aliphatic heterocycles. The van der Waals surface area contributed by atoms with E-state index in [4.69, 9.17) is 4.42 Å². The van der Waals surface area contributed by atoms with Gasteiger partial charge in [0.05, 0.1) is 6.04 Å². The number of nitrogens with zero attached hydrogens (tertiary/aromatic N) is 1. The number of aryl methyl sites for hydroxylation is 1. The topological polar surface area (TPSA) is 57.5 Å². The van der Waals surface area contributed by atoms with Crippen LogP contribution in [0.1, 0.15) is 44.3 Å². The summed E-state index contributed by atoms with van der Waals surface area (Å²) in [6, 6.07) is 3.55. The zero-order chi connectivity index (χ0) is 15.2. The Balaban J connectivity index is 1.63. The highest BCUT2D eigenvalue weighted by Gasteiger charge is 2.16. The van der Waals surface area contributed by atoms with Crippen LogP contribution in [0, 0.1) is 12.8 Å². The average Bonchev–Trinajstić information content (AvgIpc) is 2.88. The molecule has 118 valence electrons. The molecule has 1 unspecified atom stereocenters. The van der Waals surface area contributed by atoms with Crippen LogP contribution >= 0.6 is 0 Å². The maximum absolute atomic E-state index is 11.8. The van der Waals surface area contributed by atoms with Crippen molar-refractivity contribution in [1.29, 1.82) is 0 Å². The Bertz CT molecular complexity index is 450. The third-order valence-corrected chi connectivity index (χ3v) is 4.13. The highest BCUT2D eigenvalue weighted by molar-refractivity contribution is 5.74. The smallest absolute Gasteiger partial charge is 0.315 e. The van der Waals surface area contributed by atoms with Gasteiger partial charge in [-0.25, -0.2) is 4.79 Å². The van der Waals surface area contributed by atoms with Crippen molar-refractivity contribution < 1.29 is 9.21 Å². The van der Waals surface area contributed by atoms with E-state index in [2.05, 4.69) is 22.5 Å². The summed E-state index contributed by atoms with van der Waals surface area (Å²) in [5.41, 5.74) is 0. The fourth-order valence-electron chi connectivity index (χ4n) is 2.62. The lowest BCUT2D eigenvalue weighted by Gasteiger charge is -2.30. The summed E-state index contributed by atoms with van der Waals surface area (Å²) < 4.78 is 5.51. The van der Waals surface area contributed by atoms with Crippen LogP contribution in [0.5, 0.6) is 0 Å². The first-order valence-corrected chi connectivity index (χ1v) is 7.87. The van der Waals surface area contributed by atoms with Gasteiger partial charge in [-0.15, -0.1) is 0 Å². The molecule has 5 heteroatoms. The molecule has 5 nitrogen and oxygen atoms in total. The number of hydrogen-bond acceptors (Lipinski definition) is 3. The van der Waals surface area contributed by atoms with Crippen molar-refractivity contribution in [2.45, 2.75) is 39.7 Å². The van der Waals surface area contributed by atoms with Gasteiger partial charge in [-0.1, -0.05) is 6.92 Å². The number of carbonyl (C=O) groups excluding carboxylic acids is 1. The van der Waals surface area contributed by atoms with E-state index in [9.17, 15) is 4.79 Å². The van der Waals surface area contributed by atoms with Crippen molar-refractivity contribution in [3.63, 3.8) is 0 Å². The lowest BCUT2D eigenvalue weighted by Crippen LogP contribution is -2.42. The Morgan fingerprint density at radius 2 is 2.14 bits per heavy atom. The van der Waals surface area contributed by atoms with Crippen LogP contribution in [0.4, 0.5) is 4.79 Å². The van der Waals surface area contributed by atoms with E-state index < -0.39 is 0 Å². The van der Waals surface area contributed by atoms with Crippen LogP contribution in [0.3, 0.4) is 0 Å². The van der Waals surface area contributed by atoms with Gasteiger partial charge in [0.1, 0.15) is 11.5 Å². The van der Waals surface area contributed by atoms with E-state index >= 15 is 0 Å². The van der Waals surface area contributed by atoms with Crippen LogP contribution in [-0.4, -0.2) is 37.1 Å². The molecule has 2 N–H and O–H groups in total. The van der Waals surface area contributed by atoms with Crippen molar-refractivity contribution in [2.75, 3.05) is 26.2 Å². The van der Waals surface area contributed by atoms with Gasteiger partial charge in [0.25, 0.3) is 0 Å². The second-order valence-electron chi connectivity index (χ2n) is 6.09. The quantitative estimate of drug-likeness (QED) is 0.877. The van der Waals surface area contributed by atoms with Crippen molar-refractivity contribution >= 4 is 6.03 Å². The summed E-state index contributed by atoms with van der Waals surface area (Å²) in [5.74, 6) is 2.49. The first-order valence-electron chi connectivity index (χ1n) is 7.87. The molecule has 1 saturated heterocycles.